The highest BCUT2D eigenvalue weighted by atomic mass is 32.1. The molecule has 2 heterocycles. The van der Waals surface area contributed by atoms with E-state index >= 15 is 0 Å². The van der Waals surface area contributed by atoms with Crippen LogP contribution in [-0.2, 0) is 19.3 Å². The van der Waals surface area contributed by atoms with Crippen molar-refractivity contribution < 1.29 is 9.47 Å². The molecule has 0 atom stereocenters. The SMILES string of the molecule is Cc1c2c(c(CCS)c3c1OCCC3)OCCC2. The zero-order chi connectivity index (χ0) is 12.5. The molecule has 0 N–H and O–H groups in total. The summed E-state index contributed by atoms with van der Waals surface area (Å²) in [4.78, 5) is 0. The van der Waals surface area contributed by atoms with E-state index in [4.69, 9.17) is 9.47 Å². The molecule has 3 heteroatoms. The molecule has 1 aromatic rings. The molecular weight excluding hydrogens is 244 g/mol. The monoisotopic (exact) mass is 264 g/mol. The number of thiol groups is 1. The van der Waals surface area contributed by atoms with Crippen molar-refractivity contribution in [3.63, 3.8) is 0 Å². The van der Waals surface area contributed by atoms with E-state index in [9.17, 15) is 0 Å². The molecule has 0 saturated heterocycles. The van der Waals surface area contributed by atoms with Crippen LogP contribution in [0.4, 0.5) is 0 Å². The molecule has 0 amide bonds. The van der Waals surface area contributed by atoms with Crippen molar-refractivity contribution in [3.8, 4) is 11.5 Å². The highest BCUT2D eigenvalue weighted by Gasteiger charge is 2.26. The van der Waals surface area contributed by atoms with E-state index in [1.807, 2.05) is 0 Å². The largest absolute Gasteiger partial charge is 0.493 e. The lowest BCUT2D eigenvalue weighted by Gasteiger charge is -2.29. The van der Waals surface area contributed by atoms with Gasteiger partial charge in [-0.2, -0.15) is 12.6 Å². The maximum atomic E-state index is 5.96. The van der Waals surface area contributed by atoms with Gasteiger partial charge in [-0.1, -0.05) is 0 Å². The van der Waals surface area contributed by atoms with E-state index in [0.717, 1.165) is 62.6 Å². The van der Waals surface area contributed by atoms with Crippen molar-refractivity contribution in [1.29, 1.82) is 0 Å². The van der Waals surface area contributed by atoms with Crippen LogP contribution < -0.4 is 9.47 Å². The van der Waals surface area contributed by atoms with Gasteiger partial charge in [0.15, 0.2) is 0 Å². The zero-order valence-corrected chi connectivity index (χ0v) is 11.8. The summed E-state index contributed by atoms with van der Waals surface area (Å²) in [5, 5.41) is 0. The molecule has 0 aliphatic carbocycles. The van der Waals surface area contributed by atoms with Crippen LogP contribution in [0.1, 0.15) is 35.1 Å². The third-order valence-corrected chi connectivity index (χ3v) is 4.20. The molecule has 98 valence electrons. The van der Waals surface area contributed by atoms with Gasteiger partial charge < -0.3 is 9.47 Å². The summed E-state index contributed by atoms with van der Waals surface area (Å²) in [7, 11) is 0. The van der Waals surface area contributed by atoms with Crippen LogP contribution in [0.3, 0.4) is 0 Å². The topological polar surface area (TPSA) is 18.5 Å². The third kappa shape index (κ3) is 1.89. The smallest absolute Gasteiger partial charge is 0.126 e. The highest BCUT2D eigenvalue weighted by Crippen LogP contribution is 2.43. The molecule has 0 fully saturated rings. The minimum atomic E-state index is 0.853. The number of benzene rings is 1. The van der Waals surface area contributed by atoms with Gasteiger partial charge in [-0.3, -0.25) is 0 Å². The summed E-state index contributed by atoms with van der Waals surface area (Å²) in [5.41, 5.74) is 5.43. The Labute approximate surface area is 114 Å². The van der Waals surface area contributed by atoms with Gasteiger partial charge in [-0.25, -0.2) is 0 Å². The highest BCUT2D eigenvalue weighted by molar-refractivity contribution is 7.80. The second-order valence-corrected chi connectivity index (χ2v) is 5.54. The lowest BCUT2D eigenvalue weighted by atomic mass is 9.88. The first kappa shape index (κ1) is 12.2. The van der Waals surface area contributed by atoms with E-state index < -0.39 is 0 Å². The fourth-order valence-corrected chi connectivity index (χ4v) is 3.37. The molecule has 0 aromatic heterocycles. The Hall–Kier alpha value is -0.830. The fourth-order valence-electron chi connectivity index (χ4n) is 3.15. The minimum Gasteiger partial charge on any atom is -0.493 e. The number of hydrogen-bond donors (Lipinski definition) is 1. The summed E-state index contributed by atoms with van der Waals surface area (Å²) < 4.78 is 11.9. The molecule has 2 nitrogen and oxygen atoms in total. The first-order valence-corrected chi connectivity index (χ1v) is 7.49. The van der Waals surface area contributed by atoms with Gasteiger partial charge in [0.1, 0.15) is 11.5 Å². The molecule has 18 heavy (non-hydrogen) atoms. The quantitative estimate of drug-likeness (QED) is 0.827. The van der Waals surface area contributed by atoms with Crippen LogP contribution in [0.15, 0.2) is 0 Å². The summed E-state index contributed by atoms with van der Waals surface area (Å²) in [6.45, 7) is 3.89. The molecule has 0 saturated carbocycles. The summed E-state index contributed by atoms with van der Waals surface area (Å²) >= 11 is 4.40. The Bertz CT molecular complexity index is 431. The van der Waals surface area contributed by atoms with Crippen molar-refractivity contribution in [2.24, 2.45) is 0 Å². The molecule has 1 aromatic carbocycles. The maximum absolute atomic E-state index is 5.96. The van der Waals surface area contributed by atoms with E-state index in [2.05, 4.69) is 19.6 Å². The van der Waals surface area contributed by atoms with Gasteiger partial charge in [0.05, 0.1) is 13.2 Å². The molecule has 0 unspecified atom stereocenters. The minimum absolute atomic E-state index is 0.853. The van der Waals surface area contributed by atoms with Crippen molar-refractivity contribution in [2.75, 3.05) is 19.0 Å². The Kier molecular flexibility index (Phi) is 3.42. The first-order valence-electron chi connectivity index (χ1n) is 6.86. The molecule has 2 aliphatic heterocycles. The van der Waals surface area contributed by atoms with Crippen LogP contribution in [0.5, 0.6) is 11.5 Å². The van der Waals surface area contributed by atoms with Crippen molar-refractivity contribution in [1.82, 2.24) is 0 Å². The van der Waals surface area contributed by atoms with Gasteiger partial charge in [0.2, 0.25) is 0 Å². The summed E-state index contributed by atoms with van der Waals surface area (Å²) in [5.74, 6) is 3.16. The Morgan fingerprint density at radius 1 is 1.00 bits per heavy atom. The van der Waals surface area contributed by atoms with E-state index in [0.29, 0.717) is 0 Å². The van der Waals surface area contributed by atoms with Crippen LogP contribution in [-0.4, -0.2) is 19.0 Å². The van der Waals surface area contributed by atoms with Crippen LogP contribution in [0, 0.1) is 6.92 Å². The lowest BCUT2D eigenvalue weighted by molar-refractivity contribution is 0.267. The predicted octanol–water partition coefficient (Wildman–Crippen LogP) is 3.12. The van der Waals surface area contributed by atoms with E-state index in [1.165, 1.54) is 22.3 Å². The molecule has 0 bridgehead atoms. The standard InChI is InChI=1S/C15H20O2S/c1-10-11-4-2-8-17-15(11)13(6-9-18)12-5-3-7-16-14(10)12/h18H,2-9H2,1H3. The molecule has 0 radical (unpaired) electrons. The Balaban J connectivity index is 2.20. The van der Waals surface area contributed by atoms with Crippen LogP contribution in [0.2, 0.25) is 0 Å². The van der Waals surface area contributed by atoms with Gasteiger partial charge in [-0.15, -0.1) is 0 Å². The van der Waals surface area contributed by atoms with Crippen molar-refractivity contribution >= 4 is 12.6 Å². The second-order valence-electron chi connectivity index (χ2n) is 5.10. The Morgan fingerprint density at radius 2 is 1.67 bits per heavy atom. The van der Waals surface area contributed by atoms with E-state index in [1.54, 1.807) is 0 Å². The van der Waals surface area contributed by atoms with Gasteiger partial charge in [0, 0.05) is 16.7 Å². The number of hydrogen-bond acceptors (Lipinski definition) is 3. The zero-order valence-electron chi connectivity index (χ0n) is 10.9. The van der Waals surface area contributed by atoms with Gasteiger partial charge in [-0.05, 0) is 50.3 Å². The second kappa shape index (κ2) is 5.04. The van der Waals surface area contributed by atoms with Crippen molar-refractivity contribution in [3.05, 3.63) is 22.3 Å². The predicted molar refractivity (Wildman–Crippen MR) is 76.4 cm³/mol. The third-order valence-electron chi connectivity index (χ3n) is 3.98. The summed E-state index contributed by atoms with van der Waals surface area (Å²) in [6.07, 6.45) is 5.46. The molecule has 0 spiro atoms. The lowest BCUT2D eigenvalue weighted by Crippen LogP contribution is -2.19. The molecule has 2 aliphatic rings. The maximum Gasteiger partial charge on any atom is 0.126 e. The average Bonchev–Trinajstić information content (AvgIpc) is 2.43. The number of fused-ring (bicyclic) bond motifs is 2. The number of rotatable bonds is 2. The average molecular weight is 264 g/mol. The molecule has 3 rings (SSSR count). The number of ether oxygens (including phenoxy) is 2. The van der Waals surface area contributed by atoms with E-state index in [-0.39, 0.29) is 0 Å². The van der Waals surface area contributed by atoms with Gasteiger partial charge >= 0.3 is 0 Å². The normalized spacial score (nSPS) is 17.4. The van der Waals surface area contributed by atoms with Crippen molar-refractivity contribution in [2.45, 2.75) is 39.0 Å². The van der Waals surface area contributed by atoms with Gasteiger partial charge in [0.25, 0.3) is 0 Å². The first-order chi connectivity index (χ1) is 8.83. The van der Waals surface area contributed by atoms with Crippen LogP contribution in [0.25, 0.3) is 0 Å². The van der Waals surface area contributed by atoms with Crippen LogP contribution >= 0.6 is 12.6 Å². The Morgan fingerprint density at radius 3 is 2.39 bits per heavy atom. The fraction of sp³-hybridized carbons (Fsp3) is 0.600. The summed E-state index contributed by atoms with van der Waals surface area (Å²) in [6, 6.07) is 0. The molecular formula is C15H20O2S.